The Hall–Kier alpha value is 0.130. The molecule has 0 aromatic rings. The van der Waals surface area contributed by atoms with Crippen molar-refractivity contribution in [2.24, 2.45) is 5.92 Å². The van der Waals surface area contributed by atoms with Crippen LogP contribution in [-0.4, -0.2) is 61.9 Å². The Balaban J connectivity index is 0.00000112. The molecule has 15 heavy (non-hydrogen) atoms. The van der Waals surface area contributed by atoms with E-state index >= 15 is 0 Å². The first-order valence-corrected chi connectivity index (χ1v) is 5.58. The molecule has 2 fully saturated rings. The van der Waals surface area contributed by atoms with Crippen molar-refractivity contribution >= 4 is 12.4 Å². The topological polar surface area (TPSA) is 47.5 Å². The van der Waals surface area contributed by atoms with Gasteiger partial charge < -0.3 is 15.7 Å². The third kappa shape index (κ3) is 3.04. The Morgan fingerprint density at radius 3 is 2.87 bits per heavy atom. The maximum atomic E-state index is 9.75. The van der Waals surface area contributed by atoms with Crippen molar-refractivity contribution in [1.82, 2.24) is 15.5 Å². The highest BCUT2D eigenvalue weighted by Crippen LogP contribution is 2.20. The van der Waals surface area contributed by atoms with Crippen LogP contribution < -0.4 is 10.6 Å². The normalized spacial score (nSPS) is 36.8. The van der Waals surface area contributed by atoms with E-state index in [0.717, 1.165) is 38.6 Å². The minimum atomic E-state index is -0.164. The third-order valence-corrected chi connectivity index (χ3v) is 3.43. The monoisotopic (exact) mass is 235 g/mol. The molecule has 2 aliphatic heterocycles. The number of β-amino-alcohol motifs (C(OH)–C–C–N with tert-alkyl or cyclic N) is 1. The minimum Gasteiger partial charge on any atom is -0.390 e. The van der Waals surface area contributed by atoms with Gasteiger partial charge in [0.15, 0.2) is 0 Å². The van der Waals surface area contributed by atoms with E-state index in [1.165, 1.54) is 6.42 Å². The summed E-state index contributed by atoms with van der Waals surface area (Å²) in [6.07, 6.45) is 1.10. The molecule has 2 aliphatic rings. The smallest absolute Gasteiger partial charge is 0.0831 e. The third-order valence-electron chi connectivity index (χ3n) is 3.43. The number of likely N-dealkylation sites (tertiary alicyclic amines) is 1. The molecule has 1 unspecified atom stereocenters. The number of nitrogens with zero attached hydrogens (tertiary/aromatic N) is 1. The summed E-state index contributed by atoms with van der Waals surface area (Å²) in [7, 11) is 2.01. The number of halogens is 1. The highest BCUT2D eigenvalue weighted by atomic mass is 35.5. The van der Waals surface area contributed by atoms with Gasteiger partial charge in [-0.2, -0.15) is 0 Å². The zero-order valence-corrected chi connectivity index (χ0v) is 10.1. The van der Waals surface area contributed by atoms with Crippen LogP contribution in [0.3, 0.4) is 0 Å². The first-order chi connectivity index (χ1) is 6.81. The van der Waals surface area contributed by atoms with Crippen molar-refractivity contribution in [2.75, 3.05) is 39.8 Å². The van der Waals surface area contributed by atoms with Crippen LogP contribution in [-0.2, 0) is 0 Å². The van der Waals surface area contributed by atoms with E-state index in [-0.39, 0.29) is 18.5 Å². The molecule has 2 rings (SSSR count). The predicted molar refractivity (Wildman–Crippen MR) is 63.5 cm³/mol. The lowest BCUT2D eigenvalue weighted by Gasteiger charge is -2.25. The largest absolute Gasteiger partial charge is 0.390 e. The van der Waals surface area contributed by atoms with Crippen LogP contribution >= 0.6 is 12.4 Å². The predicted octanol–water partition coefficient (Wildman–Crippen LogP) is -0.718. The molecule has 90 valence electrons. The molecular formula is C10H22ClN3O. The van der Waals surface area contributed by atoms with E-state index in [2.05, 4.69) is 15.5 Å². The first-order valence-electron chi connectivity index (χ1n) is 5.58. The van der Waals surface area contributed by atoms with Crippen LogP contribution in [0.4, 0.5) is 0 Å². The second-order valence-corrected chi connectivity index (χ2v) is 4.50. The van der Waals surface area contributed by atoms with Gasteiger partial charge in [-0.1, -0.05) is 0 Å². The number of aliphatic hydroxyl groups excluding tert-OH is 1. The number of nitrogens with one attached hydrogen (secondary N) is 2. The summed E-state index contributed by atoms with van der Waals surface area (Å²) >= 11 is 0. The van der Waals surface area contributed by atoms with Crippen molar-refractivity contribution in [2.45, 2.75) is 18.6 Å². The summed E-state index contributed by atoms with van der Waals surface area (Å²) in [5.74, 6) is 0.771. The van der Waals surface area contributed by atoms with E-state index < -0.39 is 0 Å². The van der Waals surface area contributed by atoms with Crippen LogP contribution in [0.5, 0.6) is 0 Å². The fourth-order valence-electron chi connectivity index (χ4n) is 2.64. The Morgan fingerprint density at radius 1 is 1.47 bits per heavy atom. The molecule has 3 atom stereocenters. The van der Waals surface area contributed by atoms with Crippen LogP contribution in [0.1, 0.15) is 6.42 Å². The van der Waals surface area contributed by atoms with Gasteiger partial charge in [0.25, 0.3) is 0 Å². The highest BCUT2D eigenvalue weighted by molar-refractivity contribution is 5.85. The standard InChI is InChI=1S/C10H21N3O.ClH/c1-11-4-8-2-3-13(7-8)9-5-12-6-10(9)14;/h8-12,14H,2-7H2,1H3;1H/t8?,9-,10-;/m1./s1. The lowest BCUT2D eigenvalue weighted by atomic mass is 10.1. The molecule has 5 heteroatoms. The maximum Gasteiger partial charge on any atom is 0.0831 e. The summed E-state index contributed by atoms with van der Waals surface area (Å²) in [4.78, 5) is 2.44. The van der Waals surface area contributed by atoms with Crippen molar-refractivity contribution in [3.63, 3.8) is 0 Å². The first kappa shape index (κ1) is 13.2. The molecule has 0 saturated carbocycles. The molecule has 2 heterocycles. The summed E-state index contributed by atoms with van der Waals surface area (Å²) < 4.78 is 0. The van der Waals surface area contributed by atoms with Crippen LogP contribution in [0.2, 0.25) is 0 Å². The quantitative estimate of drug-likeness (QED) is 0.605. The minimum absolute atomic E-state index is 0. The van der Waals surface area contributed by atoms with Crippen LogP contribution in [0, 0.1) is 5.92 Å². The molecule has 0 radical (unpaired) electrons. The SMILES string of the molecule is CNCC1CCN([C@@H]2CNC[C@H]2O)C1.Cl. The number of hydrogen-bond donors (Lipinski definition) is 3. The fourth-order valence-corrected chi connectivity index (χ4v) is 2.64. The number of hydrogen-bond acceptors (Lipinski definition) is 4. The fraction of sp³-hybridized carbons (Fsp3) is 1.00. The van der Waals surface area contributed by atoms with Gasteiger partial charge in [0.2, 0.25) is 0 Å². The molecule has 4 nitrogen and oxygen atoms in total. The maximum absolute atomic E-state index is 9.75. The molecule has 0 aromatic carbocycles. The number of rotatable bonds is 3. The van der Waals surface area contributed by atoms with Crippen molar-refractivity contribution in [3.8, 4) is 0 Å². The van der Waals surface area contributed by atoms with Gasteiger partial charge in [-0.05, 0) is 32.5 Å². The van der Waals surface area contributed by atoms with Gasteiger partial charge in [-0.15, -0.1) is 12.4 Å². The molecule has 3 N–H and O–H groups in total. The molecular weight excluding hydrogens is 214 g/mol. The van der Waals surface area contributed by atoms with Gasteiger partial charge >= 0.3 is 0 Å². The molecule has 2 saturated heterocycles. The summed E-state index contributed by atoms with van der Waals surface area (Å²) in [6.45, 7) is 5.11. The van der Waals surface area contributed by atoms with E-state index in [1.54, 1.807) is 0 Å². The Bertz CT molecular complexity index is 194. The van der Waals surface area contributed by atoms with E-state index in [1.807, 2.05) is 7.05 Å². The van der Waals surface area contributed by atoms with E-state index in [9.17, 15) is 5.11 Å². The van der Waals surface area contributed by atoms with Gasteiger partial charge in [-0.3, -0.25) is 4.90 Å². The highest BCUT2D eigenvalue weighted by Gasteiger charge is 2.34. The summed E-state index contributed by atoms with van der Waals surface area (Å²) in [6, 6.07) is 0.358. The molecule has 0 aromatic heterocycles. The van der Waals surface area contributed by atoms with E-state index in [0.29, 0.717) is 6.04 Å². The Kier molecular flexibility index (Phi) is 5.29. The van der Waals surface area contributed by atoms with Crippen LogP contribution in [0.15, 0.2) is 0 Å². The van der Waals surface area contributed by atoms with Gasteiger partial charge in [-0.25, -0.2) is 0 Å². The van der Waals surface area contributed by atoms with Crippen molar-refractivity contribution in [3.05, 3.63) is 0 Å². The van der Waals surface area contributed by atoms with Crippen LogP contribution in [0.25, 0.3) is 0 Å². The lowest BCUT2D eigenvalue weighted by molar-refractivity contribution is 0.0961. The Morgan fingerprint density at radius 2 is 2.27 bits per heavy atom. The van der Waals surface area contributed by atoms with E-state index in [4.69, 9.17) is 0 Å². The van der Waals surface area contributed by atoms with Gasteiger partial charge in [0.05, 0.1) is 6.10 Å². The molecule has 0 bridgehead atoms. The summed E-state index contributed by atoms with van der Waals surface area (Å²) in [5.41, 5.74) is 0. The molecule has 0 aliphatic carbocycles. The average molecular weight is 236 g/mol. The lowest BCUT2D eigenvalue weighted by Crippen LogP contribution is -2.42. The van der Waals surface area contributed by atoms with Crippen molar-refractivity contribution < 1.29 is 5.11 Å². The average Bonchev–Trinajstić information content (AvgIpc) is 2.74. The second kappa shape index (κ2) is 6.01. The van der Waals surface area contributed by atoms with Gasteiger partial charge in [0.1, 0.15) is 0 Å². The number of aliphatic hydroxyl groups is 1. The van der Waals surface area contributed by atoms with Gasteiger partial charge in [0, 0.05) is 25.7 Å². The molecule has 0 amide bonds. The van der Waals surface area contributed by atoms with Crippen molar-refractivity contribution in [1.29, 1.82) is 0 Å². The zero-order chi connectivity index (χ0) is 9.97. The molecule has 0 spiro atoms. The Labute approximate surface area is 97.8 Å². The zero-order valence-electron chi connectivity index (χ0n) is 9.28. The summed E-state index contributed by atoms with van der Waals surface area (Å²) in [5, 5.41) is 16.2. The second-order valence-electron chi connectivity index (χ2n) is 4.50.